The molecule has 1 unspecified atom stereocenters. The number of rotatable bonds is 4. The Labute approximate surface area is 130 Å². The van der Waals surface area contributed by atoms with Crippen LogP contribution < -0.4 is 10.1 Å². The molecule has 0 spiro atoms. The number of carbonyl (C=O) groups is 1. The summed E-state index contributed by atoms with van der Waals surface area (Å²) in [5, 5.41) is 3.09. The van der Waals surface area contributed by atoms with Crippen molar-refractivity contribution in [1.82, 2.24) is 5.32 Å². The average Bonchev–Trinajstić information content (AvgIpc) is 2.82. The van der Waals surface area contributed by atoms with E-state index in [4.69, 9.17) is 4.74 Å². The number of ether oxygens (including phenoxy) is 1. The van der Waals surface area contributed by atoms with Crippen LogP contribution in [0.1, 0.15) is 18.1 Å². The van der Waals surface area contributed by atoms with Gasteiger partial charge in [-0.25, -0.2) is 0 Å². The number of hydrogen-bond donors (Lipinski definition) is 1. The smallest absolute Gasteiger partial charge is 0.252 e. The second-order valence-electron chi connectivity index (χ2n) is 5.50. The van der Waals surface area contributed by atoms with Crippen molar-refractivity contribution < 1.29 is 9.53 Å². The van der Waals surface area contributed by atoms with Crippen molar-refractivity contribution >= 4 is 11.5 Å². The van der Waals surface area contributed by atoms with Crippen molar-refractivity contribution in [2.75, 3.05) is 7.11 Å². The summed E-state index contributed by atoms with van der Waals surface area (Å²) in [6.45, 7) is 2.03. The molecule has 2 aromatic carbocycles. The van der Waals surface area contributed by atoms with E-state index in [1.165, 1.54) is 5.56 Å². The SMILES string of the molecule is COc1ccc(C2=C(C)C(Cc3ccccc3)NC2=O)cc1. The highest BCUT2D eigenvalue weighted by Gasteiger charge is 2.29. The molecule has 112 valence electrons. The fraction of sp³-hybridized carbons (Fsp3) is 0.211. The van der Waals surface area contributed by atoms with Crippen LogP contribution >= 0.6 is 0 Å². The van der Waals surface area contributed by atoms with Gasteiger partial charge in [-0.1, -0.05) is 42.5 Å². The normalized spacial score (nSPS) is 17.5. The number of amides is 1. The zero-order valence-corrected chi connectivity index (χ0v) is 12.8. The predicted molar refractivity (Wildman–Crippen MR) is 87.7 cm³/mol. The molecule has 0 saturated heterocycles. The van der Waals surface area contributed by atoms with Gasteiger partial charge in [0.25, 0.3) is 5.91 Å². The topological polar surface area (TPSA) is 38.3 Å². The molecule has 3 nitrogen and oxygen atoms in total. The number of hydrogen-bond acceptors (Lipinski definition) is 2. The molecule has 0 saturated carbocycles. The van der Waals surface area contributed by atoms with Crippen LogP contribution in [0, 0.1) is 0 Å². The maximum absolute atomic E-state index is 12.3. The zero-order valence-electron chi connectivity index (χ0n) is 12.8. The minimum atomic E-state index is 0.00333. The number of benzene rings is 2. The minimum absolute atomic E-state index is 0.00333. The summed E-state index contributed by atoms with van der Waals surface area (Å²) < 4.78 is 5.17. The summed E-state index contributed by atoms with van der Waals surface area (Å²) in [6, 6.07) is 17.9. The molecule has 2 aromatic rings. The van der Waals surface area contributed by atoms with Crippen molar-refractivity contribution in [3.05, 3.63) is 71.3 Å². The van der Waals surface area contributed by atoms with Crippen LogP contribution in [-0.2, 0) is 11.2 Å². The standard InChI is InChI=1S/C19H19NO2/c1-13-17(12-14-6-4-3-5-7-14)20-19(21)18(13)15-8-10-16(22-2)11-9-15/h3-11,17H,12H2,1-2H3,(H,20,21). The van der Waals surface area contributed by atoms with Gasteiger partial charge in [-0.05, 0) is 42.2 Å². The van der Waals surface area contributed by atoms with E-state index in [2.05, 4.69) is 17.4 Å². The van der Waals surface area contributed by atoms with Gasteiger partial charge in [0.1, 0.15) is 5.75 Å². The summed E-state index contributed by atoms with van der Waals surface area (Å²) in [6.07, 6.45) is 0.818. The van der Waals surface area contributed by atoms with Crippen molar-refractivity contribution in [2.45, 2.75) is 19.4 Å². The van der Waals surface area contributed by atoms with E-state index in [-0.39, 0.29) is 11.9 Å². The summed E-state index contributed by atoms with van der Waals surface area (Å²) in [5.74, 6) is 0.796. The van der Waals surface area contributed by atoms with Gasteiger partial charge in [0.15, 0.2) is 0 Å². The van der Waals surface area contributed by atoms with Crippen molar-refractivity contribution in [3.63, 3.8) is 0 Å². The highest BCUT2D eigenvalue weighted by molar-refractivity contribution is 6.23. The maximum Gasteiger partial charge on any atom is 0.252 e. The molecule has 0 aliphatic carbocycles. The van der Waals surface area contributed by atoms with Gasteiger partial charge in [0.05, 0.1) is 13.2 Å². The van der Waals surface area contributed by atoms with Crippen molar-refractivity contribution in [3.8, 4) is 5.75 Å². The molecule has 1 heterocycles. The Morgan fingerprint density at radius 1 is 1.05 bits per heavy atom. The summed E-state index contributed by atoms with van der Waals surface area (Å²) in [7, 11) is 1.64. The molecule has 1 atom stereocenters. The van der Waals surface area contributed by atoms with E-state index in [9.17, 15) is 4.79 Å². The van der Waals surface area contributed by atoms with E-state index < -0.39 is 0 Å². The third kappa shape index (κ3) is 2.75. The molecule has 0 bridgehead atoms. The molecule has 1 N–H and O–H groups in total. The number of methoxy groups -OCH3 is 1. The Balaban J connectivity index is 1.87. The molecule has 22 heavy (non-hydrogen) atoms. The second-order valence-corrected chi connectivity index (χ2v) is 5.50. The Kier molecular flexibility index (Phi) is 3.96. The fourth-order valence-corrected chi connectivity index (χ4v) is 2.86. The van der Waals surface area contributed by atoms with E-state index in [1.54, 1.807) is 7.11 Å². The third-order valence-electron chi connectivity index (χ3n) is 4.11. The summed E-state index contributed by atoms with van der Waals surface area (Å²) >= 11 is 0. The van der Waals surface area contributed by atoms with Crippen LogP contribution in [0.4, 0.5) is 0 Å². The number of carbonyl (C=O) groups excluding carboxylic acids is 1. The van der Waals surface area contributed by atoms with Crippen molar-refractivity contribution in [2.24, 2.45) is 0 Å². The van der Waals surface area contributed by atoms with Gasteiger partial charge in [0.2, 0.25) is 0 Å². The molecule has 3 heteroatoms. The third-order valence-corrected chi connectivity index (χ3v) is 4.11. The molecule has 3 rings (SSSR count). The zero-order chi connectivity index (χ0) is 15.5. The maximum atomic E-state index is 12.3. The Hall–Kier alpha value is -2.55. The Morgan fingerprint density at radius 2 is 1.73 bits per heavy atom. The first-order valence-corrected chi connectivity index (χ1v) is 7.39. The number of nitrogens with one attached hydrogen (secondary N) is 1. The van der Waals surface area contributed by atoms with Gasteiger partial charge < -0.3 is 10.1 Å². The molecule has 1 amide bonds. The van der Waals surface area contributed by atoms with Crippen LogP contribution in [0.15, 0.2) is 60.2 Å². The highest BCUT2D eigenvalue weighted by Crippen LogP contribution is 2.29. The van der Waals surface area contributed by atoms with E-state index in [0.29, 0.717) is 0 Å². The lowest BCUT2D eigenvalue weighted by atomic mass is 9.96. The van der Waals surface area contributed by atoms with Crippen LogP contribution in [-0.4, -0.2) is 19.1 Å². The molecule has 1 aliphatic rings. The molecular weight excluding hydrogens is 274 g/mol. The van der Waals surface area contributed by atoms with Gasteiger partial charge in [0, 0.05) is 5.57 Å². The lowest BCUT2D eigenvalue weighted by Crippen LogP contribution is -2.30. The van der Waals surface area contributed by atoms with Crippen molar-refractivity contribution in [1.29, 1.82) is 0 Å². The van der Waals surface area contributed by atoms with Crippen LogP contribution in [0.5, 0.6) is 5.75 Å². The predicted octanol–water partition coefficient (Wildman–Crippen LogP) is 3.21. The van der Waals surface area contributed by atoms with Crippen LogP contribution in [0.25, 0.3) is 5.57 Å². The lowest BCUT2D eigenvalue weighted by molar-refractivity contribution is -0.115. The first kappa shape index (κ1) is 14.4. The van der Waals surface area contributed by atoms with Gasteiger partial charge >= 0.3 is 0 Å². The lowest BCUT2D eigenvalue weighted by Gasteiger charge is -2.12. The Morgan fingerprint density at radius 3 is 2.36 bits per heavy atom. The Bertz CT molecular complexity index is 702. The largest absolute Gasteiger partial charge is 0.497 e. The van der Waals surface area contributed by atoms with Gasteiger partial charge in [-0.15, -0.1) is 0 Å². The molecule has 0 aromatic heterocycles. The van der Waals surface area contributed by atoms with Crippen LogP contribution in [0.3, 0.4) is 0 Å². The average molecular weight is 293 g/mol. The monoisotopic (exact) mass is 293 g/mol. The minimum Gasteiger partial charge on any atom is -0.497 e. The van der Waals surface area contributed by atoms with Gasteiger partial charge in [-0.3, -0.25) is 4.79 Å². The quantitative estimate of drug-likeness (QED) is 0.940. The second kappa shape index (κ2) is 6.06. The first-order chi connectivity index (χ1) is 10.7. The first-order valence-electron chi connectivity index (χ1n) is 7.39. The van der Waals surface area contributed by atoms with Crippen LogP contribution in [0.2, 0.25) is 0 Å². The van der Waals surface area contributed by atoms with E-state index >= 15 is 0 Å². The highest BCUT2D eigenvalue weighted by atomic mass is 16.5. The summed E-state index contributed by atoms with van der Waals surface area (Å²) in [4.78, 5) is 12.3. The molecule has 1 aliphatic heterocycles. The molecular formula is C19H19NO2. The van der Waals surface area contributed by atoms with E-state index in [0.717, 1.165) is 28.9 Å². The molecule has 0 radical (unpaired) electrons. The fourth-order valence-electron chi connectivity index (χ4n) is 2.86. The molecule has 0 fully saturated rings. The van der Waals surface area contributed by atoms with Gasteiger partial charge in [-0.2, -0.15) is 0 Å². The summed E-state index contributed by atoms with van der Waals surface area (Å²) in [5.41, 5.74) is 4.04. The van der Waals surface area contributed by atoms with E-state index in [1.807, 2.05) is 49.4 Å².